The van der Waals surface area contributed by atoms with Crippen LogP contribution in [0.1, 0.15) is 29.7 Å². The number of nitrogens with zero attached hydrogens (tertiary/aromatic N) is 2. The summed E-state index contributed by atoms with van der Waals surface area (Å²) < 4.78 is 0. The maximum atomic E-state index is 12.6. The molecule has 0 aliphatic carbocycles. The molecule has 3 rings (SSSR count). The third-order valence-electron chi connectivity index (χ3n) is 4.92. The van der Waals surface area contributed by atoms with Gasteiger partial charge in [0.1, 0.15) is 0 Å². The first-order chi connectivity index (χ1) is 12.5. The summed E-state index contributed by atoms with van der Waals surface area (Å²) in [6.07, 6.45) is 0. The number of rotatable bonds is 3. The van der Waals surface area contributed by atoms with Crippen LogP contribution in [-0.4, -0.2) is 37.1 Å². The number of hydrogen-bond acceptors (Lipinski definition) is 2. The van der Waals surface area contributed by atoms with Gasteiger partial charge in [-0.25, -0.2) is 4.79 Å². The number of amides is 2. The fourth-order valence-electron chi connectivity index (χ4n) is 3.54. The molecule has 1 unspecified atom stereocenters. The van der Waals surface area contributed by atoms with Gasteiger partial charge in [0.15, 0.2) is 0 Å². The highest BCUT2D eigenvalue weighted by atomic mass is 35.5. The second-order valence-corrected chi connectivity index (χ2v) is 7.38. The molecule has 1 atom stereocenters. The maximum absolute atomic E-state index is 12.6. The lowest BCUT2D eigenvalue weighted by Gasteiger charge is -2.37. The number of halogens is 1. The van der Waals surface area contributed by atoms with Gasteiger partial charge in [0.05, 0.1) is 16.8 Å². The van der Waals surface area contributed by atoms with Crippen molar-refractivity contribution in [2.75, 3.05) is 31.1 Å². The molecule has 1 aliphatic rings. The van der Waals surface area contributed by atoms with Gasteiger partial charge in [0, 0.05) is 26.2 Å². The van der Waals surface area contributed by atoms with Crippen molar-refractivity contribution in [2.24, 2.45) is 0 Å². The van der Waals surface area contributed by atoms with Crippen LogP contribution in [-0.2, 0) is 0 Å². The largest absolute Gasteiger partial charge is 0.367 e. The van der Waals surface area contributed by atoms with E-state index in [2.05, 4.69) is 30.1 Å². The Morgan fingerprint density at radius 1 is 1.08 bits per heavy atom. The quantitative estimate of drug-likeness (QED) is 0.859. The summed E-state index contributed by atoms with van der Waals surface area (Å²) >= 11 is 6.47. The van der Waals surface area contributed by atoms with Crippen LogP contribution in [0.15, 0.2) is 42.5 Å². The minimum Gasteiger partial charge on any atom is -0.367 e. The average molecular weight is 372 g/mol. The van der Waals surface area contributed by atoms with Crippen LogP contribution >= 0.6 is 11.6 Å². The Morgan fingerprint density at radius 3 is 2.35 bits per heavy atom. The van der Waals surface area contributed by atoms with Gasteiger partial charge in [0.2, 0.25) is 0 Å². The topological polar surface area (TPSA) is 35.6 Å². The van der Waals surface area contributed by atoms with E-state index in [4.69, 9.17) is 11.6 Å². The first-order valence-corrected chi connectivity index (χ1v) is 9.45. The SMILES string of the molecule is Cc1cc(C)c(N2CCN(C(=O)NC(C)c3ccccc3)CC2)c(Cl)c1. The fraction of sp³-hybridized carbons (Fsp3) is 0.381. The van der Waals surface area contributed by atoms with Gasteiger partial charge in [-0.3, -0.25) is 0 Å². The molecule has 26 heavy (non-hydrogen) atoms. The zero-order chi connectivity index (χ0) is 18.7. The highest BCUT2D eigenvalue weighted by Crippen LogP contribution is 2.31. The van der Waals surface area contributed by atoms with E-state index in [9.17, 15) is 4.79 Å². The normalized spacial score (nSPS) is 15.7. The van der Waals surface area contributed by atoms with Crippen LogP contribution < -0.4 is 10.2 Å². The van der Waals surface area contributed by atoms with E-state index >= 15 is 0 Å². The minimum absolute atomic E-state index is 0.00415. The molecule has 0 saturated carbocycles. The van der Waals surface area contributed by atoms with Crippen LogP contribution in [0.5, 0.6) is 0 Å². The number of urea groups is 1. The summed E-state index contributed by atoms with van der Waals surface area (Å²) in [4.78, 5) is 16.7. The van der Waals surface area contributed by atoms with Gasteiger partial charge < -0.3 is 15.1 Å². The van der Waals surface area contributed by atoms with Gasteiger partial charge in [-0.05, 0) is 43.5 Å². The summed E-state index contributed by atoms with van der Waals surface area (Å²) in [6, 6.07) is 14.2. The highest BCUT2D eigenvalue weighted by molar-refractivity contribution is 6.33. The number of carbonyl (C=O) groups is 1. The fourth-order valence-corrected chi connectivity index (χ4v) is 3.98. The van der Waals surface area contributed by atoms with E-state index < -0.39 is 0 Å². The predicted molar refractivity (Wildman–Crippen MR) is 108 cm³/mol. The Bertz CT molecular complexity index is 747. The van der Waals surface area contributed by atoms with Crippen molar-refractivity contribution >= 4 is 23.3 Å². The molecule has 2 amide bonds. The molecule has 0 spiro atoms. The van der Waals surface area contributed by atoms with E-state index in [1.54, 1.807) is 0 Å². The average Bonchev–Trinajstić information content (AvgIpc) is 2.62. The molecule has 1 aliphatic heterocycles. The molecule has 2 aromatic carbocycles. The molecule has 5 heteroatoms. The van der Waals surface area contributed by atoms with E-state index in [0.717, 1.165) is 29.4 Å². The Kier molecular flexibility index (Phi) is 5.72. The summed E-state index contributed by atoms with van der Waals surface area (Å²) in [7, 11) is 0. The molecule has 0 aromatic heterocycles. The Morgan fingerprint density at radius 2 is 1.73 bits per heavy atom. The number of hydrogen-bond donors (Lipinski definition) is 1. The number of benzene rings is 2. The van der Waals surface area contributed by atoms with Gasteiger partial charge in [-0.15, -0.1) is 0 Å². The van der Waals surface area contributed by atoms with Crippen molar-refractivity contribution < 1.29 is 4.79 Å². The van der Waals surface area contributed by atoms with Crippen LogP contribution in [0.2, 0.25) is 5.02 Å². The molecule has 4 nitrogen and oxygen atoms in total. The monoisotopic (exact) mass is 371 g/mol. The number of anilines is 1. The van der Waals surface area contributed by atoms with E-state index in [-0.39, 0.29) is 12.1 Å². The smallest absolute Gasteiger partial charge is 0.317 e. The molecule has 0 bridgehead atoms. The first kappa shape index (κ1) is 18.6. The second-order valence-electron chi connectivity index (χ2n) is 6.97. The lowest BCUT2D eigenvalue weighted by atomic mass is 10.1. The molecule has 2 aromatic rings. The van der Waals surface area contributed by atoms with Crippen molar-refractivity contribution in [2.45, 2.75) is 26.8 Å². The lowest BCUT2D eigenvalue weighted by Crippen LogP contribution is -2.52. The molecule has 138 valence electrons. The van der Waals surface area contributed by atoms with Crippen LogP contribution in [0.4, 0.5) is 10.5 Å². The number of carbonyl (C=O) groups excluding carboxylic acids is 1. The summed E-state index contributed by atoms with van der Waals surface area (Å²) in [5.41, 5.74) is 4.56. The van der Waals surface area contributed by atoms with Gasteiger partial charge in [-0.1, -0.05) is 48.0 Å². The van der Waals surface area contributed by atoms with Gasteiger partial charge >= 0.3 is 6.03 Å². The van der Waals surface area contributed by atoms with Crippen molar-refractivity contribution in [3.05, 3.63) is 64.2 Å². The summed E-state index contributed by atoms with van der Waals surface area (Å²) in [5, 5.41) is 3.88. The molecule has 1 heterocycles. The Labute approximate surface area is 160 Å². The number of nitrogens with one attached hydrogen (secondary N) is 1. The highest BCUT2D eigenvalue weighted by Gasteiger charge is 2.24. The molecular weight excluding hydrogens is 346 g/mol. The Hall–Kier alpha value is -2.20. The molecule has 0 radical (unpaired) electrons. The standard InChI is InChI=1S/C21H26ClN3O/c1-15-13-16(2)20(19(22)14-15)24-9-11-25(12-10-24)21(26)23-17(3)18-7-5-4-6-8-18/h4-8,13-14,17H,9-12H2,1-3H3,(H,23,26). The van der Waals surface area contributed by atoms with Crippen LogP contribution in [0.25, 0.3) is 0 Å². The predicted octanol–water partition coefficient (Wildman–Crippen LogP) is 4.55. The second kappa shape index (κ2) is 8.00. The van der Waals surface area contributed by atoms with Crippen molar-refractivity contribution in [1.82, 2.24) is 10.2 Å². The Balaban J connectivity index is 1.59. The molecular formula is C21H26ClN3O. The first-order valence-electron chi connectivity index (χ1n) is 9.08. The van der Waals surface area contributed by atoms with Gasteiger partial charge in [-0.2, -0.15) is 0 Å². The van der Waals surface area contributed by atoms with Crippen molar-refractivity contribution in [3.8, 4) is 0 Å². The number of aryl methyl sites for hydroxylation is 2. The van der Waals surface area contributed by atoms with Crippen LogP contribution in [0, 0.1) is 13.8 Å². The summed E-state index contributed by atoms with van der Waals surface area (Å²) in [6.45, 7) is 9.12. The molecule has 1 N–H and O–H groups in total. The third-order valence-corrected chi connectivity index (χ3v) is 5.21. The molecule has 1 saturated heterocycles. The van der Waals surface area contributed by atoms with E-state index in [1.807, 2.05) is 48.2 Å². The zero-order valence-corrected chi connectivity index (χ0v) is 16.4. The maximum Gasteiger partial charge on any atom is 0.317 e. The third kappa shape index (κ3) is 4.13. The van der Waals surface area contributed by atoms with Crippen LogP contribution in [0.3, 0.4) is 0 Å². The zero-order valence-electron chi connectivity index (χ0n) is 15.6. The lowest BCUT2D eigenvalue weighted by molar-refractivity contribution is 0.191. The molecule has 1 fully saturated rings. The van der Waals surface area contributed by atoms with Crippen molar-refractivity contribution in [1.29, 1.82) is 0 Å². The van der Waals surface area contributed by atoms with E-state index in [0.29, 0.717) is 13.1 Å². The number of piperazine rings is 1. The van der Waals surface area contributed by atoms with Gasteiger partial charge in [0.25, 0.3) is 0 Å². The van der Waals surface area contributed by atoms with Crippen molar-refractivity contribution in [3.63, 3.8) is 0 Å². The van der Waals surface area contributed by atoms with E-state index in [1.165, 1.54) is 11.1 Å². The summed E-state index contributed by atoms with van der Waals surface area (Å²) in [5.74, 6) is 0. The minimum atomic E-state index is -0.00673.